The van der Waals surface area contributed by atoms with Crippen molar-refractivity contribution in [2.45, 2.75) is 33.4 Å². The molecule has 0 atom stereocenters. The van der Waals surface area contributed by atoms with Gasteiger partial charge in [0.05, 0.1) is 11.8 Å². The fourth-order valence-electron chi connectivity index (χ4n) is 2.10. The molecule has 0 saturated heterocycles. The highest BCUT2D eigenvalue weighted by Gasteiger charge is 2.13. The van der Waals surface area contributed by atoms with Crippen LogP contribution in [0.5, 0.6) is 0 Å². The molecule has 0 bridgehead atoms. The third kappa shape index (κ3) is 2.42. The van der Waals surface area contributed by atoms with Crippen molar-refractivity contribution in [2.75, 3.05) is 0 Å². The lowest BCUT2D eigenvalue weighted by atomic mass is 10.2. The summed E-state index contributed by atoms with van der Waals surface area (Å²) in [5, 5.41) is 16.7. The molecule has 0 aromatic carbocycles. The number of aromatic carboxylic acids is 1. The lowest BCUT2D eigenvalue weighted by Crippen LogP contribution is -2.08. The van der Waals surface area contributed by atoms with Crippen molar-refractivity contribution in [1.82, 2.24) is 19.6 Å². The van der Waals surface area contributed by atoms with Crippen LogP contribution in [0.1, 0.15) is 28.2 Å². The Bertz CT molecular complexity index is 543. The highest BCUT2D eigenvalue weighted by Crippen LogP contribution is 2.15. The van der Waals surface area contributed by atoms with E-state index < -0.39 is 5.97 Å². The quantitative estimate of drug-likeness (QED) is 0.870. The first-order valence-corrected chi connectivity index (χ1v) is 5.83. The number of aryl methyl sites for hydroxylation is 2. The largest absolute Gasteiger partial charge is 0.478 e. The third-order valence-electron chi connectivity index (χ3n) is 3.04. The van der Waals surface area contributed by atoms with E-state index >= 15 is 0 Å². The normalized spacial score (nSPS) is 10.8. The van der Waals surface area contributed by atoms with Crippen LogP contribution in [-0.4, -0.2) is 30.6 Å². The Kier molecular flexibility index (Phi) is 3.45. The van der Waals surface area contributed by atoms with Crippen LogP contribution in [-0.2, 0) is 13.1 Å². The summed E-state index contributed by atoms with van der Waals surface area (Å²) in [6.45, 7) is 5.32. The Hall–Kier alpha value is -2.11. The average molecular weight is 248 g/mol. The summed E-state index contributed by atoms with van der Waals surface area (Å²) in [5.74, 6) is -0.870. The molecule has 2 heterocycles. The zero-order valence-corrected chi connectivity index (χ0v) is 10.5. The minimum Gasteiger partial charge on any atom is -0.478 e. The first kappa shape index (κ1) is 12.3. The highest BCUT2D eigenvalue weighted by atomic mass is 16.4. The number of hydrogen-bond acceptors (Lipinski definition) is 3. The van der Waals surface area contributed by atoms with E-state index in [0.717, 1.165) is 30.9 Å². The van der Waals surface area contributed by atoms with Gasteiger partial charge in [0.1, 0.15) is 0 Å². The molecule has 0 fully saturated rings. The Balaban J connectivity index is 2.03. The minimum absolute atomic E-state index is 0.383. The van der Waals surface area contributed by atoms with Crippen molar-refractivity contribution in [2.24, 2.45) is 0 Å². The molecule has 0 saturated carbocycles. The molecule has 2 aromatic heterocycles. The number of rotatable bonds is 5. The molecule has 0 radical (unpaired) electrons. The van der Waals surface area contributed by atoms with Crippen molar-refractivity contribution in [3.05, 3.63) is 35.4 Å². The van der Waals surface area contributed by atoms with Crippen LogP contribution >= 0.6 is 0 Å². The van der Waals surface area contributed by atoms with E-state index in [1.807, 2.05) is 24.6 Å². The van der Waals surface area contributed by atoms with Crippen LogP contribution in [0.15, 0.2) is 18.5 Å². The van der Waals surface area contributed by atoms with Gasteiger partial charge in [0.15, 0.2) is 0 Å². The van der Waals surface area contributed by atoms with E-state index in [2.05, 4.69) is 10.3 Å². The van der Waals surface area contributed by atoms with E-state index in [1.54, 1.807) is 16.9 Å². The maximum atomic E-state index is 11.0. The number of hydrogen-bond donors (Lipinski definition) is 1. The topological polar surface area (TPSA) is 72.9 Å². The molecule has 0 amide bonds. The minimum atomic E-state index is -0.870. The maximum absolute atomic E-state index is 11.0. The fraction of sp³-hybridized carbons (Fsp3) is 0.417. The summed E-state index contributed by atoms with van der Waals surface area (Å²) < 4.78 is 3.80. The van der Waals surface area contributed by atoms with Crippen molar-refractivity contribution < 1.29 is 9.90 Å². The number of carbonyl (C=O) groups is 1. The highest BCUT2D eigenvalue weighted by molar-refractivity contribution is 5.89. The second kappa shape index (κ2) is 5.03. The molecular formula is C12H16N4O2. The number of aromatic nitrogens is 4. The smallest absolute Gasteiger partial charge is 0.337 e. The Morgan fingerprint density at radius 1 is 1.39 bits per heavy atom. The van der Waals surface area contributed by atoms with Gasteiger partial charge in [0, 0.05) is 30.7 Å². The van der Waals surface area contributed by atoms with Gasteiger partial charge in [-0.1, -0.05) is 5.21 Å². The van der Waals surface area contributed by atoms with Gasteiger partial charge in [-0.15, -0.1) is 5.10 Å². The predicted octanol–water partition coefficient (Wildman–Crippen LogP) is 1.48. The summed E-state index contributed by atoms with van der Waals surface area (Å²) >= 11 is 0. The van der Waals surface area contributed by atoms with E-state index in [9.17, 15) is 4.79 Å². The molecule has 0 aliphatic rings. The Morgan fingerprint density at radius 2 is 2.17 bits per heavy atom. The number of carboxylic acid groups (broad SMARTS) is 1. The monoisotopic (exact) mass is 248 g/mol. The van der Waals surface area contributed by atoms with Crippen LogP contribution in [0.4, 0.5) is 0 Å². The molecule has 6 nitrogen and oxygen atoms in total. The maximum Gasteiger partial charge on any atom is 0.337 e. The van der Waals surface area contributed by atoms with Crippen molar-refractivity contribution in [3.8, 4) is 0 Å². The molecule has 18 heavy (non-hydrogen) atoms. The van der Waals surface area contributed by atoms with E-state index in [0.29, 0.717) is 5.56 Å². The third-order valence-corrected chi connectivity index (χ3v) is 3.04. The Labute approximate surface area is 105 Å². The lowest BCUT2D eigenvalue weighted by Gasteiger charge is -2.09. The van der Waals surface area contributed by atoms with Crippen LogP contribution in [0.3, 0.4) is 0 Å². The second-order valence-electron chi connectivity index (χ2n) is 4.26. The van der Waals surface area contributed by atoms with Gasteiger partial charge in [-0.05, 0) is 26.3 Å². The molecule has 0 aliphatic carbocycles. The first-order valence-electron chi connectivity index (χ1n) is 5.83. The van der Waals surface area contributed by atoms with Crippen LogP contribution < -0.4 is 0 Å². The molecule has 0 spiro atoms. The summed E-state index contributed by atoms with van der Waals surface area (Å²) in [4.78, 5) is 11.0. The van der Waals surface area contributed by atoms with Crippen molar-refractivity contribution in [3.63, 3.8) is 0 Å². The summed E-state index contributed by atoms with van der Waals surface area (Å²) in [5.41, 5.74) is 2.16. The van der Waals surface area contributed by atoms with Crippen molar-refractivity contribution >= 4 is 5.97 Å². The van der Waals surface area contributed by atoms with Gasteiger partial charge in [0.2, 0.25) is 0 Å². The zero-order chi connectivity index (χ0) is 13.1. The summed E-state index contributed by atoms with van der Waals surface area (Å²) in [6, 6.07) is 1.72. The summed E-state index contributed by atoms with van der Waals surface area (Å²) in [7, 11) is 0. The Morgan fingerprint density at radius 3 is 2.72 bits per heavy atom. The molecule has 0 aliphatic heterocycles. The lowest BCUT2D eigenvalue weighted by molar-refractivity contribution is 0.0696. The van der Waals surface area contributed by atoms with E-state index in [4.69, 9.17) is 5.11 Å². The molecule has 6 heteroatoms. The molecule has 0 unspecified atom stereocenters. The second-order valence-corrected chi connectivity index (χ2v) is 4.26. The predicted molar refractivity (Wildman–Crippen MR) is 65.5 cm³/mol. The number of carboxylic acids is 1. The van der Waals surface area contributed by atoms with E-state index in [-0.39, 0.29) is 0 Å². The first-order chi connectivity index (χ1) is 8.59. The van der Waals surface area contributed by atoms with Gasteiger partial charge < -0.3 is 9.67 Å². The van der Waals surface area contributed by atoms with Crippen LogP contribution in [0.25, 0.3) is 0 Å². The van der Waals surface area contributed by atoms with Crippen molar-refractivity contribution in [1.29, 1.82) is 0 Å². The van der Waals surface area contributed by atoms with Gasteiger partial charge in [-0.2, -0.15) is 0 Å². The zero-order valence-electron chi connectivity index (χ0n) is 10.5. The molecule has 2 rings (SSSR count). The van der Waals surface area contributed by atoms with Gasteiger partial charge >= 0.3 is 5.97 Å². The van der Waals surface area contributed by atoms with Gasteiger partial charge in [-0.3, -0.25) is 4.68 Å². The standard InChI is InChI=1S/C12H16N4O2/c1-9-8-11(12(17)18)10(2)16(9)6-3-5-15-7-4-13-14-15/h4,7-8H,3,5-6H2,1-2H3,(H,17,18). The van der Waals surface area contributed by atoms with Gasteiger partial charge in [0.25, 0.3) is 0 Å². The number of nitrogens with zero attached hydrogens (tertiary/aromatic N) is 4. The van der Waals surface area contributed by atoms with E-state index in [1.165, 1.54) is 0 Å². The van der Waals surface area contributed by atoms with Gasteiger partial charge in [-0.25, -0.2) is 4.79 Å². The molecule has 1 N–H and O–H groups in total. The molecular weight excluding hydrogens is 232 g/mol. The SMILES string of the molecule is Cc1cc(C(=O)O)c(C)n1CCCn1ccnn1. The molecule has 2 aromatic rings. The van der Waals surface area contributed by atoms with Crippen LogP contribution in [0.2, 0.25) is 0 Å². The average Bonchev–Trinajstić information content (AvgIpc) is 2.91. The molecule has 96 valence electrons. The fourth-order valence-corrected chi connectivity index (χ4v) is 2.10. The van der Waals surface area contributed by atoms with Crippen LogP contribution in [0, 0.1) is 13.8 Å². The summed E-state index contributed by atoms with van der Waals surface area (Å²) in [6.07, 6.45) is 4.35.